The predicted octanol–water partition coefficient (Wildman–Crippen LogP) is 2.52. The first kappa shape index (κ1) is 21.5. The molecule has 1 aliphatic heterocycles. The molecule has 2 rings (SSSR count). The first-order valence-electron chi connectivity index (χ1n) is 8.91. The van der Waals surface area contributed by atoms with Gasteiger partial charge < -0.3 is 14.9 Å². The van der Waals surface area contributed by atoms with E-state index in [0.717, 1.165) is 12.1 Å². The molecular weight excluding hydrogens is 358 g/mol. The number of nitrogens with zero attached hydrogens (tertiary/aromatic N) is 2. The maximum absolute atomic E-state index is 13.8. The van der Waals surface area contributed by atoms with Crippen LogP contribution in [0.5, 0.6) is 0 Å². The van der Waals surface area contributed by atoms with Crippen LogP contribution in [0.1, 0.15) is 32.3 Å². The van der Waals surface area contributed by atoms with Crippen LogP contribution in [-0.4, -0.2) is 77.1 Å². The molecule has 1 aromatic rings. The molecule has 0 aliphatic carbocycles. The largest absolute Gasteiger partial charge is 0.465 e. The fraction of sp³-hybridized carbons (Fsp3) is 0.632. The van der Waals surface area contributed by atoms with E-state index in [1.807, 2.05) is 4.90 Å². The van der Waals surface area contributed by atoms with Gasteiger partial charge in [-0.1, -0.05) is 6.07 Å². The first-order chi connectivity index (χ1) is 12.6. The number of rotatable bonds is 6. The Morgan fingerprint density at radius 1 is 1.33 bits per heavy atom. The molecule has 0 saturated carbocycles. The molecule has 1 fully saturated rings. The summed E-state index contributed by atoms with van der Waals surface area (Å²) in [6, 6.07) is 2.91. The first-order valence-corrected chi connectivity index (χ1v) is 8.91. The summed E-state index contributed by atoms with van der Waals surface area (Å²) in [5.74, 6) is -2.26. The third kappa shape index (κ3) is 4.75. The smallest absolute Gasteiger partial charge is 0.408 e. The standard InChI is InChI=1S/C19H28F2N2O4/c1-19(2,3)23(18(25)26)17-9-22(13(10-24)11-27-4)8-14(17)12-5-6-15(20)16(21)7-12/h5-7,13-14,17,24H,8-11H2,1-4H3,(H,25,26)/t13?,14-,17+/m0/s1. The molecule has 0 bridgehead atoms. The predicted molar refractivity (Wildman–Crippen MR) is 96.8 cm³/mol. The van der Waals surface area contributed by atoms with E-state index >= 15 is 0 Å². The van der Waals surface area contributed by atoms with Crippen LogP contribution in [0.3, 0.4) is 0 Å². The lowest BCUT2D eigenvalue weighted by Crippen LogP contribution is -2.54. The minimum atomic E-state index is -1.07. The molecule has 27 heavy (non-hydrogen) atoms. The van der Waals surface area contributed by atoms with Gasteiger partial charge in [0, 0.05) is 31.7 Å². The number of amides is 1. The molecule has 1 aromatic carbocycles. The van der Waals surface area contributed by atoms with E-state index in [1.54, 1.807) is 20.8 Å². The van der Waals surface area contributed by atoms with Gasteiger partial charge in [0.25, 0.3) is 0 Å². The average Bonchev–Trinajstić information content (AvgIpc) is 2.97. The molecule has 1 aliphatic rings. The maximum atomic E-state index is 13.8. The summed E-state index contributed by atoms with van der Waals surface area (Å²) in [5, 5.41) is 19.5. The molecule has 152 valence electrons. The molecule has 8 heteroatoms. The fourth-order valence-electron chi connectivity index (χ4n) is 3.84. The SMILES string of the molecule is COCC(CO)N1C[C@@H](N(C(=O)O)C(C)(C)C)[C@H](c2ccc(F)c(F)c2)C1. The maximum Gasteiger partial charge on any atom is 0.408 e. The summed E-state index contributed by atoms with van der Waals surface area (Å²) in [4.78, 5) is 15.3. The number of hydrogen-bond acceptors (Lipinski definition) is 4. The van der Waals surface area contributed by atoms with Crippen molar-refractivity contribution >= 4 is 6.09 Å². The molecule has 1 amide bonds. The molecule has 1 unspecified atom stereocenters. The summed E-state index contributed by atoms with van der Waals surface area (Å²) in [7, 11) is 1.53. The van der Waals surface area contributed by atoms with Crippen LogP contribution in [0.2, 0.25) is 0 Å². The monoisotopic (exact) mass is 386 g/mol. The van der Waals surface area contributed by atoms with Crippen molar-refractivity contribution in [3.63, 3.8) is 0 Å². The third-order valence-corrected chi connectivity index (χ3v) is 5.04. The van der Waals surface area contributed by atoms with E-state index in [4.69, 9.17) is 4.74 Å². The van der Waals surface area contributed by atoms with E-state index in [0.29, 0.717) is 18.7 Å². The summed E-state index contributed by atoms with van der Waals surface area (Å²) < 4.78 is 32.3. The Balaban J connectivity index is 2.44. The number of ether oxygens (including phenoxy) is 1. The van der Waals surface area contributed by atoms with Crippen molar-refractivity contribution in [2.24, 2.45) is 0 Å². The van der Waals surface area contributed by atoms with Gasteiger partial charge in [-0.3, -0.25) is 9.80 Å². The van der Waals surface area contributed by atoms with Gasteiger partial charge >= 0.3 is 6.09 Å². The van der Waals surface area contributed by atoms with Gasteiger partial charge in [0.15, 0.2) is 11.6 Å². The van der Waals surface area contributed by atoms with Crippen molar-refractivity contribution in [2.75, 3.05) is 33.4 Å². The van der Waals surface area contributed by atoms with Crippen molar-refractivity contribution in [3.05, 3.63) is 35.4 Å². The average molecular weight is 386 g/mol. The Kier molecular flexibility index (Phi) is 6.77. The summed E-state index contributed by atoms with van der Waals surface area (Å²) in [6.45, 7) is 6.30. The van der Waals surface area contributed by atoms with Gasteiger partial charge in [0.05, 0.1) is 25.3 Å². The Morgan fingerprint density at radius 2 is 2.00 bits per heavy atom. The highest BCUT2D eigenvalue weighted by Crippen LogP contribution is 2.36. The number of aliphatic hydroxyl groups is 1. The van der Waals surface area contributed by atoms with E-state index in [9.17, 15) is 23.8 Å². The van der Waals surface area contributed by atoms with Gasteiger partial charge in [-0.05, 0) is 38.5 Å². The summed E-state index contributed by atoms with van der Waals surface area (Å²) in [5.41, 5.74) is -0.148. The minimum absolute atomic E-state index is 0.145. The van der Waals surface area contributed by atoms with Crippen molar-refractivity contribution in [2.45, 2.75) is 44.3 Å². The normalized spacial score (nSPS) is 22.0. The van der Waals surface area contributed by atoms with Crippen LogP contribution in [0, 0.1) is 11.6 Å². The fourth-order valence-corrected chi connectivity index (χ4v) is 3.84. The molecule has 0 radical (unpaired) electrons. The Hall–Kier alpha value is -1.77. The van der Waals surface area contributed by atoms with Gasteiger partial charge in [-0.25, -0.2) is 13.6 Å². The number of benzene rings is 1. The number of carboxylic acid groups (broad SMARTS) is 1. The molecule has 0 aromatic heterocycles. The highest BCUT2D eigenvalue weighted by molar-refractivity contribution is 5.67. The zero-order valence-corrected chi connectivity index (χ0v) is 16.2. The number of halogens is 2. The van der Waals surface area contributed by atoms with Crippen molar-refractivity contribution in [1.29, 1.82) is 0 Å². The number of methoxy groups -OCH3 is 1. The zero-order valence-electron chi connectivity index (χ0n) is 16.2. The highest BCUT2D eigenvalue weighted by atomic mass is 19.2. The van der Waals surface area contributed by atoms with Crippen LogP contribution < -0.4 is 0 Å². The highest BCUT2D eigenvalue weighted by Gasteiger charge is 2.45. The van der Waals surface area contributed by atoms with Crippen LogP contribution in [0.15, 0.2) is 18.2 Å². The van der Waals surface area contributed by atoms with Crippen LogP contribution in [0.25, 0.3) is 0 Å². The minimum Gasteiger partial charge on any atom is -0.465 e. The van der Waals surface area contributed by atoms with Gasteiger partial charge in [-0.15, -0.1) is 0 Å². The van der Waals surface area contributed by atoms with Crippen molar-refractivity contribution in [1.82, 2.24) is 9.80 Å². The van der Waals surface area contributed by atoms with Crippen LogP contribution >= 0.6 is 0 Å². The van der Waals surface area contributed by atoms with Gasteiger partial charge in [0.1, 0.15) is 0 Å². The molecule has 1 saturated heterocycles. The Morgan fingerprint density at radius 3 is 2.48 bits per heavy atom. The van der Waals surface area contributed by atoms with Crippen LogP contribution in [0.4, 0.5) is 13.6 Å². The van der Waals surface area contributed by atoms with E-state index in [2.05, 4.69) is 0 Å². The quantitative estimate of drug-likeness (QED) is 0.786. The Labute approximate surface area is 158 Å². The lowest BCUT2D eigenvalue weighted by atomic mass is 9.90. The van der Waals surface area contributed by atoms with Crippen molar-refractivity contribution in [3.8, 4) is 0 Å². The third-order valence-electron chi connectivity index (χ3n) is 5.04. The zero-order chi connectivity index (χ0) is 20.4. The molecule has 3 atom stereocenters. The Bertz CT molecular complexity index is 666. The summed E-state index contributed by atoms with van der Waals surface area (Å²) in [6.07, 6.45) is -1.07. The topological polar surface area (TPSA) is 73.2 Å². The molecule has 1 heterocycles. The van der Waals surface area contributed by atoms with E-state index in [1.165, 1.54) is 18.1 Å². The number of carbonyl (C=O) groups is 1. The molecular formula is C19H28F2N2O4. The lowest BCUT2D eigenvalue weighted by molar-refractivity contribution is 0.0482. The number of hydrogen-bond donors (Lipinski definition) is 2. The van der Waals surface area contributed by atoms with Gasteiger partial charge in [0.2, 0.25) is 0 Å². The number of likely N-dealkylation sites (tertiary alicyclic amines) is 1. The van der Waals surface area contributed by atoms with E-state index in [-0.39, 0.29) is 25.2 Å². The second-order valence-corrected chi connectivity index (χ2v) is 7.92. The van der Waals surface area contributed by atoms with Crippen LogP contribution in [-0.2, 0) is 4.74 Å². The van der Waals surface area contributed by atoms with E-state index < -0.39 is 29.3 Å². The second-order valence-electron chi connectivity index (χ2n) is 7.92. The van der Waals surface area contributed by atoms with Gasteiger partial charge in [-0.2, -0.15) is 0 Å². The van der Waals surface area contributed by atoms with Crippen molar-refractivity contribution < 1.29 is 28.5 Å². The summed E-state index contributed by atoms with van der Waals surface area (Å²) >= 11 is 0. The molecule has 2 N–H and O–H groups in total. The molecule has 6 nitrogen and oxygen atoms in total. The number of aliphatic hydroxyl groups excluding tert-OH is 1. The lowest BCUT2D eigenvalue weighted by Gasteiger charge is -2.40. The second kappa shape index (κ2) is 8.50. The molecule has 0 spiro atoms.